The molecule has 45 heavy (non-hydrogen) atoms. The van der Waals surface area contributed by atoms with Gasteiger partial charge in [-0.3, -0.25) is 0 Å². The van der Waals surface area contributed by atoms with Crippen LogP contribution in [0.4, 0.5) is 0 Å². The molecule has 0 spiro atoms. The van der Waals surface area contributed by atoms with Crippen LogP contribution in [0.3, 0.4) is 0 Å². The maximum Gasteiger partial charge on any atom is 0.134 e. The Balaban J connectivity index is 1.16. The van der Waals surface area contributed by atoms with E-state index in [9.17, 15) is 0 Å². The van der Waals surface area contributed by atoms with Crippen LogP contribution in [0.5, 0.6) is 0 Å². The zero-order valence-corrected chi connectivity index (χ0v) is 24.8. The standard InChI is InChI=1S/C44H30O/c1-2-10-29(11-3-1)30-18-20-31(21-19-30)43-37-13-5-7-15-39(37)44(40-16-8-6-14-38(40)43)36-25-23-32-26-35(24-22-33(32)27-36)42-28-34-12-4-9-17-41(34)45-42/h1-25,27-28,35H,26H2. The average Bonchev–Trinajstić information content (AvgIpc) is 3.55. The molecule has 0 radical (unpaired) electrons. The van der Waals surface area contributed by atoms with Gasteiger partial charge in [-0.1, -0.05) is 146 Å². The third-order valence-electron chi connectivity index (χ3n) is 9.40. The van der Waals surface area contributed by atoms with Gasteiger partial charge >= 0.3 is 0 Å². The van der Waals surface area contributed by atoms with E-state index < -0.39 is 0 Å². The van der Waals surface area contributed by atoms with Crippen molar-refractivity contribution in [2.24, 2.45) is 0 Å². The molecule has 0 saturated heterocycles. The van der Waals surface area contributed by atoms with Gasteiger partial charge in [-0.25, -0.2) is 0 Å². The highest BCUT2D eigenvalue weighted by atomic mass is 16.3. The van der Waals surface area contributed by atoms with Gasteiger partial charge in [-0.15, -0.1) is 0 Å². The van der Waals surface area contributed by atoms with Crippen molar-refractivity contribution >= 4 is 38.6 Å². The highest BCUT2D eigenvalue weighted by molar-refractivity contribution is 6.21. The third kappa shape index (κ3) is 4.39. The molecule has 7 aromatic carbocycles. The Labute approximate surface area is 262 Å². The molecule has 1 unspecified atom stereocenters. The van der Waals surface area contributed by atoms with Crippen LogP contribution in [0.2, 0.25) is 0 Å². The van der Waals surface area contributed by atoms with Crippen LogP contribution < -0.4 is 0 Å². The van der Waals surface area contributed by atoms with E-state index in [1.807, 2.05) is 12.1 Å². The van der Waals surface area contributed by atoms with E-state index in [4.69, 9.17) is 4.42 Å². The van der Waals surface area contributed by atoms with Crippen molar-refractivity contribution in [2.45, 2.75) is 12.3 Å². The third-order valence-corrected chi connectivity index (χ3v) is 9.40. The molecule has 1 aliphatic carbocycles. The highest BCUT2D eigenvalue weighted by Crippen LogP contribution is 2.45. The summed E-state index contributed by atoms with van der Waals surface area (Å²) in [6, 6.07) is 54.9. The molecule has 0 saturated carbocycles. The van der Waals surface area contributed by atoms with Crippen LogP contribution in [-0.4, -0.2) is 0 Å². The molecule has 1 nitrogen and oxygen atoms in total. The van der Waals surface area contributed by atoms with Crippen molar-refractivity contribution in [3.8, 4) is 33.4 Å². The predicted molar refractivity (Wildman–Crippen MR) is 189 cm³/mol. The Morgan fingerprint density at radius 1 is 0.467 bits per heavy atom. The first-order valence-electron chi connectivity index (χ1n) is 15.7. The summed E-state index contributed by atoms with van der Waals surface area (Å²) in [6.45, 7) is 0. The molecule has 0 fully saturated rings. The molecule has 1 atom stereocenters. The largest absolute Gasteiger partial charge is 0.460 e. The van der Waals surface area contributed by atoms with E-state index in [2.05, 4.69) is 152 Å². The number of benzene rings is 7. The molecule has 8 aromatic rings. The summed E-state index contributed by atoms with van der Waals surface area (Å²) in [5, 5.41) is 6.27. The number of allylic oxidation sites excluding steroid dienone is 1. The molecule has 0 amide bonds. The lowest BCUT2D eigenvalue weighted by atomic mass is 9.83. The van der Waals surface area contributed by atoms with Crippen molar-refractivity contribution < 1.29 is 4.42 Å². The SMILES string of the molecule is C1=CC(c2cc3ccccc3o2)Cc2ccc(-c3c4ccccc4c(-c4ccc(-c5ccccc5)cc4)c4ccccc34)cc21. The Morgan fingerprint density at radius 2 is 1.02 bits per heavy atom. The molecule has 0 N–H and O–H groups in total. The maximum absolute atomic E-state index is 6.24. The van der Waals surface area contributed by atoms with Gasteiger partial charge in [0.15, 0.2) is 0 Å². The first-order valence-corrected chi connectivity index (χ1v) is 15.7. The van der Waals surface area contributed by atoms with E-state index in [1.54, 1.807) is 0 Å². The second-order valence-corrected chi connectivity index (χ2v) is 12.1. The fourth-order valence-corrected chi connectivity index (χ4v) is 7.21. The number of rotatable bonds is 4. The average molecular weight is 575 g/mol. The summed E-state index contributed by atoms with van der Waals surface area (Å²) in [6.07, 6.45) is 5.53. The second kappa shape index (κ2) is 10.5. The van der Waals surface area contributed by atoms with Gasteiger partial charge < -0.3 is 4.42 Å². The minimum Gasteiger partial charge on any atom is -0.460 e. The Morgan fingerprint density at radius 3 is 1.71 bits per heavy atom. The van der Waals surface area contributed by atoms with Gasteiger partial charge in [0.1, 0.15) is 11.3 Å². The van der Waals surface area contributed by atoms with E-state index >= 15 is 0 Å². The Kier molecular flexibility index (Phi) is 6.02. The van der Waals surface area contributed by atoms with Crippen molar-refractivity contribution in [3.05, 3.63) is 175 Å². The topological polar surface area (TPSA) is 13.1 Å². The minimum atomic E-state index is 0.241. The van der Waals surface area contributed by atoms with Gasteiger partial charge in [0, 0.05) is 11.3 Å². The van der Waals surface area contributed by atoms with Crippen LogP contribution in [0, 0.1) is 0 Å². The van der Waals surface area contributed by atoms with Crippen LogP contribution >= 0.6 is 0 Å². The lowest BCUT2D eigenvalue weighted by Gasteiger charge is -2.21. The van der Waals surface area contributed by atoms with Crippen molar-refractivity contribution in [2.75, 3.05) is 0 Å². The first-order chi connectivity index (χ1) is 22.3. The molecule has 212 valence electrons. The highest BCUT2D eigenvalue weighted by Gasteiger charge is 2.21. The number of furan rings is 1. The van der Waals surface area contributed by atoms with Crippen LogP contribution in [-0.2, 0) is 6.42 Å². The summed E-state index contributed by atoms with van der Waals surface area (Å²) < 4.78 is 6.24. The lowest BCUT2D eigenvalue weighted by molar-refractivity contribution is 0.522. The van der Waals surface area contributed by atoms with Gasteiger partial charge in [0.05, 0.1) is 0 Å². The number of hydrogen-bond acceptors (Lipinski definition) is 1. The van der Waals surface area contributed by atoms with E-state index in [1.165, 1.54) is 66.1 Å². The van der Waals surface area contributed by atoms with Gasteiger partial charge in [0.2, 0.25) is 0 Å². The maximum atomic E-state index is 6.24. The minimum absolute atomic E-state index is 0.241. The quantitative estimate of drug-likeness (QED) is 0.191. The molecule has 9 rings (SSSR count). The molecule has 1 heteroatoms. The Hall–Kier alpha value is -5.66. The van der Waals surface area contributed by atoms with Gasteiger partial charge in [0.25, 0.3) is 0 Å². The van der Waals surface area contributed by atoms with Crippen LogP contribution in [0.1, 0.15) is 22.8 Å². The normalized spacial score (nSPS) is 14.3. The molecule has 0 aliphatic heterocycles. The fraction of sp³-hybridized carbons (Fsp3) is 0.0455. The summed E-state index contributed by atoms with van der Waals surface area (Å²) in [7, 11) is 0. The van der Waals surface area contributed by atoms with Crippen LogP contribution in [0.25, 0.3) is 72.0 Å². The van der Waals surface area contributed by atoms with Gasteiger partial charge in [-0.05, 0) is 90.7 Å². The number of hydrogen-bond donors (Lipinski definition) is 0. The molecular formula is C44H30O. The zero-order valence-electron chi connectivity index (χ0n) is 24.8. The summed E-state index contributed by atoms with van der Waals surface area (Å²) in [4.78, 5) is 0. The van der Waals surface area contributed by atoms with Crippen molar-refractivity contribution in [3.63, 3.8) is 0 Å². The molecule has 0 bridgehead atoms. The first kappa shape index (κ1) is 25.8. The summed E-state index contributed by atoms with van der Waals surface area (Å²) in [5.41, 5.74) is 11.1. The van der Waals surface area contributed by atoms with E-state index in [0.29, 0.717) is 0 Å². The van der Waals surface area contributed by atoms with Crippen molar-refractivity contribution in [1.29, 1.82) is 0 Å². The molecular weight excluding hydrogens is 544 g/mol. The van der Waals surface area contributed by atoms with E-state index in [-0.39, 0.29) is 5.92 Å². The molecule has 1 aliphatic rings. The molecule has 1 aromatic heterocycles. The second-order valence-electron chi connectivity index (χ2n) is 12.1. The Bertz CT molecular complexity index is 2300. The van der Waals surface area contributed by atoms with Gasteiger partial charge in [-0.2, -0.15) is 0 Å². The number of fused-ring (bicyclic) bond motifs is 4. The monoisotopic (exact) mass is 574 g/mol. The lowest BCUT2D eigenvalue weighted by Crippen LogP contribution is -2.05. The zero-order chi connectivity index (χ0) is 29.7. The smallest absolute Gasteiger partial charge is 0.134 e. The molecule has 1 heterocycles. The predicted octanol–water partition coefficient (Wildman–Crippen LogP) is 12.1. The van der Waals surface area contributed by atoms with E-state index in [0.717, 1.165) is 23.2 Å². The summed E-state index contributed by atoms with van der Waals surface area (Å²) >= 11 is 0. The fourth-order valence-electron chi connectivity index (χ4n) is 7.21. The number of para-hydroxylation sites is 1. The van der Waals surface area contributed by atoms with Crippen molar-refractivity contribution in [1.82, 2.24) is 0 Å². The van der Waals surface area contributed by atoms with Crippen LogP contribution in [0.15, 0.2) is 162 Å². The summed E-state index contributed by atoms with van der Waals surface area (Å²) in [5.74, 6) is 1.27.